The summed E-state index contributed by atoms with van der Waals surface area (Å²) in [6.45, 7) is 4.57. The maximum absolute atomic E-state index is 11.1. The minimum atomic E-state index is -0.923. The Balaban J connectivity index is 1.37. The first kappa shape index (κ1) is 17.8. The standard InChI is InChI=1S/C19H20N4O3S/c1-12-20-17(26-22-12)13-5-7-23(8-6-13)10-16-11-27-18(21-16)14-3-2-4-15(9-14)19(24)25/h2-4,9,11,13H,5-8,10H2,1H3,(H,24,25). The number of piperidine rings is 1. The number of aromatic nitrogens is 3. The first-order valence-corrected chi connectivity index (χ1v) is 9.77. The Labute approximate surface area is 160 Å². The van der Waals surface area contributed by atoms with E-state index in [1.54, 1.807) is 29.5 Å². The number of hydrogen-bond acceptors (Lipinski definition) is 7. The number of thiazole rings is 1. The molecule has 0 amide bonds. The van der Waals surface area contributed by atoms with Crippen molar-refractivity contribution in [3.63, 3.8) is 0 Å². The zero-order valence-corrected chi connectivity index (χ0v) is 15.8. The van der Waals surface area contributed by atoms with Crippen LogP contribution in [0.3, 0.4) is 0 Å². The quantitative estimate of drug-likeness (QED) is 0.719. The van der Waals surface area contributed by atoms with E-state index in [1.807, 2.05) is 13.0 Å². The van der Waals surface area contributed by atoms with Crippen molar-refractivity contribution in [3.8, 4) is 10.6 Å². The van der Waals surface area contributed by atoms with Crippen molar-refractivity contribution in [1.82, 2.24) is 20.0 Å². The van der Waals surface area contributed by atoms with Crippen molar-refractivity contribution < 1.29 is 14.4 Å². The van der Waals surface area contributed by atoms with E-state index in [-0.39, 0.29) is 5.56 Å². The molecule has 4 rings (SSSR count). The van der Waals surface area contributed by atoms with Crippen LogP contribution < -0.4 is 0 Å². The van der Waals surface area contributed by atoms with Crippen molar-refractivity contribution in [1.29, 1.82) is 0 Å². The van der Waals surface area contributed by atoms with Gasteiger partial charge in [0.1, 0.15) is 5.01 Å². The summed E-state index contributed by atoms with van der Waals surface area (Å²) in [5, 5.41) is 15.9. The second kappa shape index (κ2) is 7.58. The van der Waals surface area contributed by atoms with Gasteiger partial charge < -0.3 is 9.63 Å². The number of aromatic carboxylic acids is 1. The van der Waals surface area contributed by atoms with Crippen LogP contribution in [0, 0.1) is 6.92 Å². The predicted octanol–water partition coefficient (Wildman–Crippen LogP) is 3.58. The SMILES string of the molecule is Cc1noc(C2CCN(Cc3csc(-c4cccc(C(=O)O)c4)n3)CC2)n1. The zero-order valence-electron chi connectivity index (χ0n) is 15.0. The molecule has 0 spiro atoms. The Kier molecular flexibility index (Phi) is 5.00. The molecule has 0 radical (unpaired) electrons. The van der Waals surface area contributed by atoms with Gasteiger partial charge in [-0.05, 0) is 45.0 Å². The molecular weight excluding hydrogens is 364 g/mol. The van der Waals surface area contributed by atoms with Gasteiger partial charge in [0, 0.05) is 23.4 Å². The van der Waals surface area contributed by atoms with Gasteiger partial charge in [-0.2, -0.15) is 4.98 Å². The summed E-state index contributed by atoms with van der Waals surface area (Å²) in [7, 11) is 0. The molecule has 27 heavy (non-hydrogen) atoms. The molecule has 1 aliphatic rings. The van der Waals surface area contributed by atoms with Crippen LogP contribution in [0.15, 0.2) is 34.2 Å². The molecule has 0 saturated carbocycles. The summed E-state index contributed by atoms with van der Waals surface area (Å²) < 4.78 is 5.30. The van der Waals surface area contributed by atoms with E-state index < -0.39 is 5.97 Å². The average molecular weight is 384 g/mol. The fourth-order valence-electron chi connectivity index (χ4n) is 3.34. The van der Waals surface area contributed by atoms with Gasteiger partial charge in [0.2, 0.25) is 5.89 Å². The Bertz CT molecular complexity index is 944. The number of carboxylic acids is 1. The Morgan fingerprint density at radius 2 is 2.15 bits per heavy atom. The number of benzene rings is 1. The third-order valence-electron chi connectivity index (χ3n) is 4.77. The number of hydrogen-bond donors (Lipinski definition) is 1. The largest absolute Gasteiger partial charge is 0.478 e. The van der Waals surface area contributed by atoms with Crippen LogP contribution in [0.5, 0.6) is 0 Å². The fraction of sp³-hybridized carbons (Fsp3) is 0.368. The summed E-state index contributed by atoms with van der Waals surface area (Å²) in [5.74, 6) is 0.857. The molecule has 140 valence electrons. The molecular formula is C19H20N4O3S. The summed E-state index contributed by atoms with van der Waals surface area (Å²) in [5.41, 5.74) is 2.14. The van der Waals surface area contributed by atoms with Gasteiger partial charge in [0.05, 0.1) is 11.3 Å². The van der Waals surface area contributed by atoms with Crippen molar-refractivity contribution in [2.75, 3.05) is 13.1 Å². The Morgan fingerprint density at radius 3 is 2.85 bits per heavy atom. The molecule has 1 fully saturated rings. The molecule has 2 aromatic heterocycles. The molecule has 0 bridgehead atoms. The lowest BCUT2D eigenvalue weighted by Gasteiger charge is -2.29. The molecule has 1 saturated heterocycles. The maximum atomic E-state index is 11.1. The lowest BCUT2D eigenvalue weighted by molar-refractivity contribution is 0.0697. The molecule has 0 atom stereocenters. The topological polar surface area (TPSA) is 92.4 Å². The highest BCUT2D eigenvalue weighted by Gasteiger charge is 2.25. The number of nitrogens with zero attached hydrogens (tertiary/aromatic N) is 4. The second-order valence-electron chi connectivity index (χ2n) is 6.76. The lowest BCUT2D eigenvalue weighted by Crippen LogP contribution is -2.32. The third-order valence-corrected chi connectivity index (χ3v) is 5.71. The number of rotatable bonds is 5. The molecule has 1 N–H and O–H groups in total. The molecule has 1 aliphatic heterocycles. The van der Waals surface area contributed by atoms with Crippen LogP contribution >= 0.6 is 11.3 Å². The van der Waals surface area contributed by atoms with Gasteiger partial charge in [0.25, 0.3) is 0 Å². The summed E-state index contributed by atoms with van der Waals surface area (Å²) in [6, 6.07) is 6.91. The highest BCUT2D eigenvalue weighted by Crippen LogP contribution is 2.29. The highest BCUT2D eigenvalue weighted by molar-refractivity contribution is 7.13. The number of carboxylic acid groups (broad SMARTS) is 1. The monoisotopic (exact) mass is 384 g/mol. The smallest absolute Gasteiger partial charge is 0.335 e. The van der Waals surface area contributed by atoms with E-state index in [9.17, 15) is 4.79 Å². The van der Waals surface area contributed by atoms with Crippen molar-refractivity contribution in [3.05, 3.63) is 52.6 Å². The van der Waals surface area contributed by atoms with Gasteiger partial charge in [-0.25, -0.2) is 9.78 Å². The zero-order chi connectivity index (χ0) is 18.8. The van der Waals surface area contributed by atoms with Crippen LogP contribution in [0.2, 0.25) is 0 Å². The fourth-order valence-corrected chi connectivity index (χ4v) is 4.15. The lowest BCUT2D eigenvalue weighted by atomic mass is 9.97. The van der Waals surface area contributed by atoms with Gasteiger partial charge >= 0.3 is 5.97 Å². The van der Waals surface area contributed by atoms with Gasteiger partial charge in [-0.15, -0.1) is 11.3 Å². The van der Waals surface area contributed by atoms with E-state index in [4.69, 9.17) is 14.6 Å². The Hall–Kier alpha value is -2.58. The molecule has 3 heterocycles. The van der Waals surface area contributed by atoms with Crippen LogP contribution in [0.1, 0.15) is 46.5 Å². The normalized spacial score (nSPS) is 15.9. The van der Waals surface area contributed by atoms with E-state index in [1.165, 1.54) is 0 Å². The number of aryl methyl sites for hydroxylation is 1. The van der Waals surface area contributed by atoms with Crippen LogP contribution in [0.4, 0.5) is 0 Å². The highest BCUT2D eigenvalue weighted by atomic mass is 32.1. The first-order chi connectivity index (χ1) is 13.1. The molecule has 1 aromatic carbocycles. The summed E-state index contributed by atoms with van der Waals surface area (Å²) in [4.78, 5) is 22.6. The molecule has 8 heteroatoms. The Morgan fingerprint density at radius 1 is 1.33 bits per heavy atom. The van der Waals surface area contributed by atoms with Crippen molar-refractivity contribution >= 4 is 17.3 Å². The summed E-state index contributed by atoms with van der Waals surface area (Å²) >= 11 is 1.55. The van der Waals surface area contributed by atoms with Crippen LogP contribution in [0.25, 0.3) is 10.6 Å². The van der Waals surface area contributed by atoms with Crippen molar-refractivity contribution in [2.45, 2.75) is 32.2 Å². The summed E-state index contributed by atoms with van der Waals surface area (Å²) in [6.07, 6.45) is 2.00. The van der Waals surface area contributed by atoms with Gasteiger partial charge in [-0.1, -0.05) is 17.3 Å². The van der Waals surface area contributed by atoms with Gasteiger partial charge in [-0.3, -0.25) is 4.90 Å². The first-order valence-electron chi connectivity index (χ1n) is 8.89. The van der Waals surface area contributed by atoms with Gasteiger partial charge in [0.15, 0.2) is 5.82 Å². The van der Waals surface area contributed by atoms with E-state index in [0.717, 1.165) is 54.6 Å². The van der Waals surface area contributed by atoms with E-state index >= 15 is 0 Å². The number of likely N-dealkylation sites (tertiary alicyclic amines) is 1. The maximum Gasteiger partial charge on any atom is 0.335 e. The third kappa shape index (κ3) is 4.06. The van der Waals surface area contributed by atoms with Crippen LogP contribution in [-0.2, 0) is 6.54 Å². The van der Waals surface area contributed by atoms with E-state index in [0.29, 0.717) is 11.7 Å². The minimum absolute atomic E-state index is 0.280. The molecule has 7 nitrogen and oxygen atoms in total. The number of carbonyl (C=O) groups is 1. The average Bonchev–Trinajstić information content (AvgIpc) is 3.32. The van der Waals surface area contributed by atoms with Crippen molar-refractivity contribution in [2.24, 2.45) is 0 Å². The predicted molar refractivity (Wildman–Crippen MR) is 101 cm³/mol. The van der Waals surface area contributed by atoms with Crippen LogP contribution in [-0.4, -0.2) is 44.2 Å². The molecule has 0 unspecified atom stereocenters. The van der Waals surface area contributed by atoms with E-state index in [2.05, 4.69) is 20.4 Å². The molecule has 3 aromatic rings. The minimum Gasteiger partial charge on any atom is -0.478 e. The second-order valence-corrected chi connectivity index (χ2v) is 7.62. The molecule has 0 aliphatic carbocycles.